The Balaban J connectivity index is 2.28. The summed E-state index contributed by atoms with van der Waals surface area (Å²) in [5.74, 6) is 0. The van der Waals surface area contributed by atoms with Crippen LogP contribution in [0.2, 0.25) is 0 Å². The molecular formula is C6H13NS. The molecule has 1 aliphatic carbocycles. The van der Waals surface area contributed by atoms with E-state index < -0.39 is 0 Å². The van der Waals surface area contributed by atoms with E-state index in [9.17, 15) is 0 Å². The SMILES string of the molecule is N[C@H]1CCCC[C@@H]1S. The third-order valence-electron chi connectivity index (χ3n) is 1.78. The first kappa shape index (κ1) is 6.43. The van der Waals surface area contributed by atoms with E-state index in [0.29, 0.717) is 11.3 Å². The molecule has 0 aromatic rings. The number of thiol groups is 1. The lowest BCUT2D eigenvalue weighted by Crippen LogP contribution is -2.33. The van der Waals surface area contributed by atoms with Crippen molar-refractivity contribution in [2.24, 2.45) is 5.73 Å². The minimum atomic E-state index is 0.368. The Morgan fingerprint density at radius 2 is 1.88 bits per heavy atom. The van der Waals surface area contributed by atoms with Gasteiger partial charge in [0.1, 0.15) is 0 Å². The van der Waals surface area contributed by atoms with Crippen molar-refractivity contribution in [3.8, 4) is 0 Å². The first-order valence-corrected chi connectivity index (χ1v) is 3.76. The number of rotatable bonds is 0. The van der Waals surface area contributed by atoms with Gasteiger partial charge in [0, 0.05) is 11.3 Å². The van der Waals surface area contributed by atoms with Crippen molar-refractivity contribution in [2.45, 2.75) is 37.0 Å². The van der Waals surface area contributed by atoms with Crippen molar-refractivity contribution < 1.29 is 0 Å². The number of nitrogens with two attached hydrogens (primary N) is 1. The highest BCUT2D eigenvalue weighted by molar-refractivity contribution is 7.81. The van der Waals surface area contributed by atoms with Crippen LogP contribution >= 0.6 is 12.6 Å². The van der Waals surface area contributed by atoms with Crippen LogP contribution in [-0.2, 0) is 0 Å². The quantitative estimate of drug-likeness (QED) is 0.474. The van der Waals surface area contributed by atoms with E-state index in [2.05, 4.69) is 12.6 Å². The molecule has 2 heteroatoms. The van der Waals surface area contributed by atoms with Crippen LogP contribution in [0.5, 0.6) is 0 Å². The highest BCUT2D eigenvalue weighted by atomic mass is 32.1. The predicted octanol–water partition coefficient (Wildman–Crippen LogP) is 1.19. The third-order valence-corrected chi connectivity index (χ3v) is 2.42. The molecule has 1 rings (SSSR count). The Hall–Kier alpha value is 0.310. The van der Waals surface area contributed by atoms with E-state index in [-0.39, 0.29) is 0 Å². The van der Waals surface area contributed by atoms with Gasteiger partial charge in [0.25, 0.3) is 0 Å². The second-order valence-electron chi connectivity index (χ2n) is 2.52. The van der Waals surface area contributed by atoms with Gasteiger partial charge in [0.15, 0.2) is 0 Å². The van der Waals surface area contributed by atoms with Gasteiger partial charge >= 0.3 is 0 Å². The van der Waals surface area contributed by atoms with E-state index in [1.165, 1.54) is 25.7 Å². The molecule has 0 heterocycles. The summed E-state index contributed by atoms with van der Waals surface area (Å²) in [4.78, 5) is 0. The summed E-state index contributed by atoms with van der Waals surface area (Å²) in [5.41, 5.74) is 5.70. The molecule has 2 atom stereocenters. The standard InChI is InChI=1S/C6H13NS/c7-5-3-1-2-4-6(5)8/h5-6,8H,1-4,7H2/t5-,6-/m0/s1. The highest BCUT2D eigenvalue weighted by Crippen LogP contribution is 2.20. The zero-order valence-corrected chi connectivity index (χ0v) is 5.90. The second-order valence-corrected chi connectivity index (χ2v) is 3.18. The summed E-state index contributed by atoms with van der Waals surface area (Å²) in [6.07, 6.45) is 5.01. The lowest BCUT2D eigenvalue weighted by Gasteiger charge is -2.23. The Morgan fingerprint density at radius 1 is 1.25 bits per heavy atom. The van der Waals surface area contributed by atoms with Crippen LogP contribution < -0.4 is 5.73 Å². The van der Waals surface area contributed by atoms with Gasteiger partial charge in [0.2, 0.25) is 0 Å². The third kappa shape index (κ3) is 1.39. The van der Waals surface area contributed by atoms with Crippen molar-refractivity contribution in [3.63, 3.8) is 0 Å². The van der Waals surface area contributed by atoms with Crippen LogP contribution in [0.25, 0.3) is 0 Å². The maximum Gasteiger partial charge on any atom is 0.0168 e. The molecule has 48 valence electrons. The summed E-state index contributed by atoms with van der Waals surface area (Å²) in [5, 5.41) is 0.476. The van der Waals surface area contributed by atoms with E-state index >= 15 is 0 Å². The molecule has 1 saturated carbocycles. The predicted molar refractivity (Wildman–Crippen MR) is 39.2 cm³/mol. The van der Waals surface area contributed by atoms with Crippen LogP contribution in [0.4, 0.5) is 0 Å². The smallest absolute Gasteiger partial charge is 0.0168 e. The van der Waals surface area contributed by atoms with E-state index in [4.69, 9.17) is 5.73 Å². The molecule has 0 saturated heterocycles. The number of hydrogen-bond acceptors (Lipinski definition) is 2. The lowest BCUT2D eigenvalue weighted by atomic mass is 9.96. The molecule has 0 amide bonds. The van der Waals surface area contributed by atoms with Crippen molar-refractivity contribution in [1.82, 2.24) is 0 Å². The molecule has 1 aliphatic rings. The van der Waals surface area contributed by atoms with Crippen LogP contribution in [-0.4, -0.2) is 11.3 Å². The zero-order chi connectivity index (χ0) is 5.98. The molecule has 0 aromatic heterocycles. The topological polar surface area (TPSA) is 26.0 Å². The molecule has 8 heavy (non-hydrogen) atoms. The Kier molecular flexibility index (Phi) is 2.20. The average molecular weight is 131 g/mol. The monoisotopic (exact) mass is 131 g/mol. The summed E-state index contributed by atoms with van der Waals surface area (Å²) >= 11 is 4.33. The van der Waals surface area contributed by atoms with Crippen molar-refractivity contribution in [2.75, 3.05) is 0 Å². The van der Waals surface area contributed by atoms with Gasteiger partial charge in [-0.25, -0.2) is 0 Å². The number of hydrogen-bond donors (Lipinski definition) is 2. The molecule has 0 spiro atoms. The van der Waals surface area contributed by atoms with E-state index in [1.54, 1.807) is 0 Å². The molecule has 0 unspecified atom stereocenters. The Morgan fingerprint density at radius 3 is 2.25 bits per heavy atom. The minimum Gasteiger partial charge on any atom is -0.327 e. The summed E-state index contributed by atoms with van der Waals surface area (Å²) in [7, 11) is 0. The van der Waals surface area contributed by atoms with Gasteiger partial charge in [-0.15, -0.1) is 0 Å². The van der Waals surface area contributed by atoms with Crippen molar-refractivity contribution in [1.29, 1.82) is 0 Å². The van der Waals surface area contributed by atoms with Gasteiger partial charge in [-0.2, -0.15) is 12.6 Å². The summed E-state index contributed by atoms with van der Waals surface area (Å²) < 4.78 is 0. The largest absolute Gasteiger partial charge is 0.327 e. The maximum absolute atomic E-state index is 5.70. The molecule has 0 aromatic carbocycles. The van der Waals surface area contributed by atoms with Gasteiger partial charge in [-0.05, 0) is 12.8 Å². The van der Waals surface area contributed by atoms with Gasteiger partial charge < -0.3 is 5.73 Å². The maximum atomic E-state index is 5.70. The van der Waals surface area contributed by atoms with E-state index in [0.717, 1.165) is 0 Å². The normalized spacial score (nSPS) is 39.8. The average Bonchev–Trinajstić information content (AvgIpc) is 1.77. The molecule has 0 radical (unpaired) electrons. The Bertz CT molecular complexity index is 64.9. The molecule has 0 aliphatic heterocycles. The van der Waals surface area contributed by atoms with Crippen LogP contribution in [0, 0.1) is 0 Å². The molecule has 2 N–H and O–H groups in total. The minimum absolute atomic E-state index is 0.368. The molecule has 0 bridgehead atoms. The van der Waals surface area contributed by atoms with E-state index in [1.807, 2.05) is 0 Å². The van der Waals surface area contributed by atoms with Crippen molar-refractivity contribution in [3.05, 3.63) is 0 Å². The summed E-state index contributed by atoms with van der Waals surface area (Å²) in [6.45, 7) is 0. The fourth-order valence-electron chi connectivity index (χ4n) is 1.14. The van der Waals surface area contributed by atoms with Gasteiger partial charge in [-0.1, -0.05) is 12.8 Å². The van der Waals surface area contributed by atoms with Gasteiger partial charge in [-0.3, -0.25) is 0 Å². The van der Waals surface area contributed by atoms with Crippen molar-refractivity contribution >= 4 is 12.6 Å². The fourth-order valence-corrected chi connectivity index (χ4v) is 1.47. The summed E-state index contributed by atoms with van der Waals surface area (Å²) in [6, 6.07) is 0.368. The second kappa shape index (κ2) is 2.74. The molecular weight excluding hydrogens is 118 g/mol. The highest BCUT2D eigenvalue weighted by Gasteiger charge is 2.16. The van der Waals surface area contributed by atoms with Gasteiger partial charge in [0.05, 0.1) is 0 Å². The molecule has 1 nitrogen and oxygen atoms in total. The Labute approximate surface area is 56.1 Å². The zero-order valence-electron chi connectivity index (χ0n) is 5.01. The fraction of sp³-hybridized carbons (Fsp3) is 1.00. The first-order chi connectivity index (χ1) is 3.80. The first-order valence-electron chi connectivity index (χ1n) is 3.24. The van der Waals surface area contributed by atoms with Crippen LogP contribution in [0.15, 0.2) is 0 Å². The van der Waals surface area contributed by atoms with Crippen LogP contribution in [0.3, 0.4) is 0 Å². The molecule has 1 fully saturated rings. The lowest BCUT2D eigenvalue weighted by molar-refractivity contribution is 0.455. The van der Waals surface area contributed by atoms with Crippen LogP contribution in [0.1, 0.15) is 25.7 Å².